The third-order valence-electron chi connectivity index (χ3n) is 9.39. The largest absolute Gasteiger partial charge is 0.465 e. The molecule has 0 N–H and O–H groups in total. The number of carbonyl (C=O) groups is 1. The van der Waals surface area contributed by atoms with E-state index in [-0.39, 0.29) is 11.9 Å². The van der Waals surface area contributed by atoms with Gasteiger partial charge in [-0.25, -0.2) is 0 Å². The van der Waals surface area contributed by atoms with Crippen molar-refractivity contribution in [3.8, 4) is 0 Å². The van der Waals surface area contributed by atoms with Crippen LogP contribution in [0.1, 0.15) is 239 Å². The molecule has 1 unspecified atom stereocenters. The van der Waals surface area contributed by atoms with Crippen LogP contribution in [0.15, 0.2) is 0 Å². The number of hydrogen-bond donors (Lipinski definition) is 0. The third-order valence-corrected chi connectivity index (χ3v) is 9.39. The second kappa shape index (κ2) is 36.7. The lowest BCUT2D eigenvalue weighted by molar-refractivity contribution is -0.149. The molecule has 42 heavy (non-hydrogen) atoms. The second-order valence-corrected chi connectivity index (χ2v) is 13.7. The van der Waals surface area contributed by atoms with E-state index in [0.29, 0.717) is 6.61 Å². The summed E-state index contributed by atoms with van der Waals surface area (Å²) in [5, 5.41) is 0. The molecule has 252 valence electrons. The van der Waals surface area contributed by atoms with Gasteiger partial charge in [0.15, 0.2) is 0 Å². The van der Waals surface area contributed by atoms with Crippen molar-refractivity contribution >= 4 is 5.97 Å². The van der Waals surface area contributed by atoms with E-state index in [4.69, 9.17) is 4.74 Å². The normalized spacial score (nSPS) is 12.2. The summed E-state index contributed by atoms with van der Waals surface area (Å²) in [5.74, 6) is 0.257. The first-order valence-corrected chi connectivity index (χ1v) is 19.9. The summed E-state index contributed by atoms with van der Waals surface area (Å²) in [6.07, 6.45) is 45.5. The Balaban J connectivity index is 3.86. The first kappa shape index (κ1) is 41.5. The average Bonchev–Trinajstić information content (AvgIpc) is 3.00. The van der Waals surface area contributed by atoms with Gasteiger partial charge in [0.25, 0.3) is 0 Å². The van der Waals surface area contributed by atoms with Gasteiger partial charge in [-0.15, -0.1) is 0 Å². The van der Waals surface area contributed by atoms with Crippen LogP contribution in [0.4, 0.5) is 0 Å². The number of unbranched alkanes of at least 4 members (excludes halogenated alkanes) is 29. The Kier molecular flexibility index (Phi) is 36.2. The van der Waals surface area contributed by atoms with Crippen molar-refractivity contribution in [1.82, 2.24) is 0 Å². The molecule has 0 aliphatic heterocycles. The van der Waals surface area contributed by atoms with Gasteiger partial charge in [0.1, 0.15) is 0 Å². The van der Waals surface area contributed by atoms with E-state index < -0.39 is 0 Å². The maximum Gasteiger partial charge on any atom is 0.308 e. The van der Waals surface area contributed by atoms with E-state index >= 15 is 0 Å². The lowest BCUT2D eigenvalue weighted by Gasteiger charge is -2.16. The molecule has 0 amide bonds. The first-order chi connectivity index (χ1) is 20.8. The minimum atomic E-state index is 0.113. The van der Waals surface area contributed by atoms with Gasteiger partial charge in [-0.3, -0.25) is 4.79 Å². The Morgan fingerprint density at radius 2 is 0.595 bits per heavy atom. The summed E-state index contributed by atoms with van der Waals surface area (Å²) in [6, 6.07) is 0. The van der Waals surface area contributed by atoms with Crippen LogP contribution < -0.4 is 0 Å². The van der Waals surface area contributed by atoms with Crippen LogP contribution in [-0.2, 0) is 9.53 Å². The van der Waals surface area contributed by atoms with Crippen LogP contribution in [0.3, 0.4) is 0 Å². The number of carbonyl (C=O) groups excluding carboxylic acids is 1. The summed E-state index contributed by atoms with van der Waals surface area (Å²) < 4.78 is 5.83. The predicted molar refractivity (Wildman–Crippen MR) is 188 cm³/mol. The molecule has 2 nitrogen and oxygen atoms in total. The van der Waals surface area contributed by atoms with E-state index in [1.807, 2.05) is 0 Å². The van der Waals surface area contributed by atoms with Gasteiger partial charge >= 0.3 is 5.97 Å². The smallest absolute Gasteiger partial charge is 0.308 e. The van der Waals surface area contributed by atoms with Crippen LogP contribution in [-0.4, -0.2) is 12.6 Å². The Morgan fingerprint density at radius 1 is 0.357 bits per heavy atom. The van der Waals surface area contributed by atoms with E-state index in [2.05, 4.69) is 20.8 Å². The van der Waals surface area contributed by atoms with Crippen LogP contribution in [0, 0.1) is 5.92 Å². The molecule has 0 spiro atoms. The minimum Gasteiger partial charge on any atom is -0.465 e. The molecule has 0 aromatic carbocycles. The van der Waals surface area contributed by atoms with Gasteiger partial charge in [0.05, 0.1) is 12.5 Å². The Morgan fingerprint density at radius 3 is 0.881 bits per heavy atom. The average molecular weight is 593 g/mol. The van der Waals surface area contributed by atoms with Crippen LogP contribution in [0.2, 0.25) is 0 Å². The summed E-state index contributed by atoms with van der Waals surface area (Å²) in [4.78, 5) is 13.0. The van der Waals surface area contributed by atoms with Crippen LogP contribution in [0.25, 0.3) is 0 Å². The Hall–Kier alpha value is -0.530. The number of hydrogen-bond acceptors (Lipinski definition) is 2. The standard InChI is InChI=1S/C40H80O2/c1-4-7-10-13-16-18-19-20-21-22-23-24-26-29-32-35-38-42-40(41)39(36-33-30-27-15-12-9-6-3)37-34-31-28-25-17-14-11-8-5-2/h39H,4-38H2,1-3H3. The fourth-order valence-corrected chi connectivity index (χ4v) is 6.37. The topological polar surface area (TPSA) is 26.3 Å². The molecule has 1 atom stereocenters. The lowest BCUT2D eigenvalue weighted by Crippen LogP contribution is -2.18. The molecule has 0 saturated carbocycles. The van der Waals surface area contributed by atoms with Gasteiger partial charge in [-0.2, -0.15) is 0 Å². The molecule has 0 bridgehead atoms. The molecule has 0 radical (unpaired) electrons. The molecule has 0 aliphatic rings. The summed E-state index contributed by atoms with van der Waals surface area (Å²) in [7, 11) is 0. The quantitative estimate of drug-likeness (QED) is 0.0534. The number of rotatable bonds is 36. The predicted octanol–water partition coefficient (Wildman–Crippen LogP) is 14.5. The van der Waals surface area contributed by atoms with Crippen molar-refractivity contribution in [2.75, 3.05) is 6.61 Å². The SMILES string of the molecule is CCCCCCCCCCCCCCCCCCOC(=O)C(CCCCCCCCC)CCCCCCCCCCC. The van der Waals surface area contributed by atoms with Crippen LogP contribution in [0.5, 0.6) is 0 Å². The van der Waals surface area contributed by atoms with Crippen molar-refractivity contribution in [2.45, 2.75) is 239 Å². The van der Waals surface area contributed by atoms with Crippen LogP contribution >= 0.6 is 0 Å². The molecule has 0 aliphatic carbocycles. The highest BCUT2D eigenvalue weighted by molar-refractivity contribution is 5.72. The Labute approximate surface area is 266 Å². The van der Waals surface area contributed by atoms with Gasteiger partial charge in [-0.05, 0) is 19.3 Å². The van der Waals surface area contributed by atoms with Gasteiger partial charge in [0, 0.05) is 0 Å². The molecule has 0 aromatic heterocycles. The molecule has 0 heterocycles. The third kappa shape index (κ3) is 32.4. The van der Waals surface area contributed by atoms with Gasteiger partial charge in [-0.1, -0.05) is 220 Å². The number of esters is 1. The molecule has 0 rings (SSSR count). The van der Waals surface area contributed by atoms with Gasteiger partial charge < -0.3 is 4.74 Å². The second-order valence-electron chi connectivity index (χ2n) is 13.7. The highest BCUT2D eigenvalue weighted by Gasteiger charge is 2.19. The summed E-state index contributed by atoms with van der Waals surface area (Å²) >= 11 is 0. The maximum atomic E-state index is 13.0. The zero-order chi connectivity index (χ0) is 30.6. The zero-order valence-corrected chi connectivity index (χ0v) is 29.6. The first-order valence-electron chi connectivity index (χ1n) is 19.9. The minimum absolute atomic E-state index is 0.113. The van der Waals surface area contributed by atoms with E-state index in [1.54, 1.807) is 0 Å². The van der Waals surface area contributed by atoms with E-state index in [1.165, 1.54) is 199 Å². The Bertz CT molecular complexity index is 502. The van der Waals surface area contributed by atoms with Crippen molar-refractivity contribution in [3.05, 3.63) is 0 Å². The highest BCUT2D eigenvalue weighted by atomic mass is 16.5. The summed E-state index contributed by atoms with van der Waals surface area (Å²) in [5.41, 5.74) is 0. The maximum absolute atomic E-state index is 13.0. The lowest BCUT2D eigenvalue weighted by atomic mass is 9.94. The monoisotopic (exact) mass is 593 g/mol. The molecule has 0 fully saturated rings. The molecular formula is C40H80O2. The van der Waals surface area contributed by atoms with Crippen molar-refractivity contribution in [2.24, 2.45) is 5.92 Å². The van der Waals surface area contributed by atoms with Crippen molar-refractivity contribution in [1.29, 1.82) is 0 Å². The van der Waals surface area contributed by atoms with E-state index in [9.17, 15) is 4.79 Å². The fraction of sp³-hybridized carbons (Fsp3) is 0.975. The molecule has 0 aromatic rings. The van der Waals surface area contributed by atoms with Gasteiger partial charge in [0.2, 0.25) is 0 Å². The number of ether oxygens (including phenoxy) is 1. The molecular weight excluding hydrogens is 512 g/mol. The highest BCUT2D eigenvalue weighted by Crippen LogP contribution is 2.22. The zero-order valence-electron chi connectivity index (χ0n) is 29.6. The molecule has 2 heteroatoms. The van der Waals surface area contributed by atoms with Crippen molar-refractivity contribution in [3.63, 3.8) is 0 Å². The van der Waals surface area contributed by atoms with E-state index in [0.717, 1.165) is 19.3 Å². The summed E-state index contributed by atoms with van der Waals surface area (Å²) in [6.45, 7) is 7.50. The fourth-order valence-electron chi connectivity index (χ4n) is 6.37. The molecule has 0 saturated heterocycles. The van der Waals surface area contributed by atoms with Crippen molar-refractivity contribution < 1.29 is 9.53 Å².